The number of fused-ring (bicyclic) bond motifs is 3. The van der Waals surface area contributed by atoms with Gasteiger partial charge in [0.2, 0.25) is 0 Å². The standard InChI is InChI=1S/C15H11BrClN5/c1-15(2)9-11(19-21-15)13(17)20-22-12(16)10(18-14(9)22)8-6-4-3-5-7-8/h3-7H,1-2H3. The summed E-state index contributed by atoms with van der Waals surface area (Å²) in [5.74, 6) is 0. The Morgan fingerprint density at radius 2 is 1.91 bits per heavy atom. The number of hydrogen-bond acceptors (Lipinski definition) is 4. The maximum atomic E-state index is 6.27. The Hall–Kier alpha value is -1.79. The largest absolute Gasteiger partial charge is 0.225 e. The van der Waals surface area contributed by atoms with Crippen LogP contribution in [0.5, 0.6) is 0 Å². The number of benzene rings is 1. The Morgan fingerprint density at radius 1 is 1.18 bits per heavy atom. The molecular weight excluding hydrogens is 366 g/mol. The molecule has 3 aromatic rings. The van der Waals surface area contributed by atoms with Crippen LogP contribution in [-0.4, -0.2) is 14.6 Å². The van der Waals surface area contributed by atoms with Crippen molar-refractivity contribution in [2.45, 2.75) is 19.4 Å². The van der Waals surface area contributed by atoms with Gasteiger partial charge in [-0.15, -0.1) is 0 Å². The summed E-state index contributed by atoms with van der Waals surface area (Å²) in [6, 6.07) is 9.94. The summed E-state index contributed by atoms with van der Waals surface area (Å²) in [6.45, 7) is 3.98. The van der Waals surface area contributed by atoms with Crippen molar-refractivity contribution in [3.05, 3.63) is 45.7 Å². The first-order valence-electron chi connectivity index (χ1n) is 6.75. The van der Waals surface area contributed by atoms with Gasteiger partial charge in [0.25, 0.3) is 0 Å². The van der Waals surface area contributed by atoms with Gasteiger partial charge in [0.15, 0.2) is 10.8 Å². The molecule has 0 aliphatic carbocycles. The van der Waals surface area contributed by atoms with Crippen LogP contribution < -0.4 is 0 Å². The number of nitrogens with zero attached hydrogens (tertiary/aromatic N) is 5. The highest BCUT2D eigenvalue weighted by Gasteiger charge is 2.35. The summed E-state index contributed by atoms with van der Waals surface area (Å²) in [4.78, 5) is 4.77. The first kappa shape index (κ1) is 13.8. The van der Waals surface area contributed by atoms with E-state index in [9.17, 15) is 0 Å². The van der Waals surface area contributed by atoms with E-state index in [1.165, 1.54) is 0 Å². The number of rotatable bonds is 1. The quantitative estimate of drug-likeness (QED) is 0.590. The molecule has 1 aromatic carbocycles. The second kappa shape index (κ2) is 4.60. The van der Waals surface area contributed by atoms with Crippen LogP contribution in [0.1, 0.15) is 19.4 Å². The minimum atomic E-state index is -0.470. The second-order valence-corrected chi connectivity index (χ2v) is 6.74. The van der Waals surface area contributed by atoms with E-state index in [1.807, 2.05) is 44.2 Å². The number of halogens is 2. The van der Waals surface area contributed by atoms with Crippen molar-refractivity contribution in [3.8, 4) is 11.3 Å². The SMILES string of the molecule is CC1(C)N=Nc2c(Cl)nn3c(Br)c(-c4ccccc4)nc3c21. The summed E-state index contributed by atoms with van der Waals surface area (Å²) >= 11 is 9.86. The van der Waals surface area contributed by atoms with E-state index in [0.717, 1.165) is 27.1 Å². The van der Waals surface area contributed by atoms with E-state index in [1.54, 1.807) is 4.52 Å². The molecule has 0 amide bonds. The highest BCUT2D eigenvalue weighted by molar-refractivity contribution is 9.10. The molecule has 0 bridgehead atoms. The summed E-state index contributed by atoms with van der Waals surface area (Å²) in [6.07, 6.45) is 0. The number of aromatic nitrogens is 3. The van der Waals surface area contributed by atoms with Crippen molar-refractivity contribution in [2.75, 3.05) is 0 Å². The van der Waals surface area contributed by atoms with Crippen LogP contribution in [0, 0.1) is 0 Å². The maximum Gasteiger partial charge on any atom is 0.178 e. The lowest BCUT2D eigenvalue weighted by Crippen LogP contribution is -2.12. The molecule has 0 fully saturated rings. The van der Waals surface area contributed by atoms with Gasteiger partial charge >= 0.3 is 0 Å². The number of imidazole rings is 1. The van der Waals surface area contributed by atoms with Crippen LogP contribution in [0.15, 0.2) is 45.2 Å². The predicted molar refractivity (Wildman–Crippen MR) is 88.7 cm³/mol. The van der Waals surface area contributed by atoms with Crippen molar-refractivity contribution in [2.24, 2.45) is 10.2 Å². The molecule has 0 unspecified atom stereocenters. The van der Waals surface area contributed by atoms with Gasteiger partial charge in [-0.1, -0.05) is 41.9 Å². The van der Waals surface area contributed by atoms with Crippen molar-refractivity contribution in [3.63, 3.8) is 0 Å². The average molecular weight is 377 g/mol. The Kier molecular flexibility index (Phi) is 2.90. The molecule has 1 aliphatic rings. The third-order valence-corrected chi connectivity index (χ3v) is 4.67. The fraction of sp³-hybridized carbons (Fsp3) is 0.200. The van der Waals surface area contributed by atoms with Gasteiger partial charge in [0.1, 0.15) is 21.5 Å². The molecule has 0 saturated carbocycles. The lowest BCUT2D eigenvalue weighted by atomic mass is 9.97. The Morgan fingerprint density at radius 3 is 2.64 bits per heavy atom. The van der Waals surface area contributed by atoms with E-state index < -0.39 is 5.54 Å². The first-order chi connectivity index (χ1) is 10.5. The zero-order valence-electron chi connectivity index (χ0n) is 11.9. The third-order valence-electron chi connectivity index (χ3n) is 3.70. The molecule has 3 heterocycles. The molecule has 2 aromatic heterocycles. The third kappa shape index (κ3) is 1.84. The maximum absolute atomic E-state index is 6.27. The van der Waals surface area contributed by atoms with E-state index >= 15 is 0 Å². The van der Waals surface area contributed by atoms with E-state index in [-0.39, 0.29) is 0 Å². The molecule has 0 N–H and O–H groups in total. The first-order valence-corrected chi connectivity index (χ1v) is 7.92. The van der Waals surface area contributed by atoms with Gasteiger partial charge in [0, 0.05) is 5.56 Å². The molecule has 5 nitrogen and oxygen atoms in total. The minimum Gasteiger partial charge on any atom is -0.225 e. The normalized spacial score (nSPS) is 15.5. The highest BCUT2D eigenvalue weighted by atomic mass is 79.9. The van der Waals surface area contributed by atoms with Gasteiger partial charge in [0.05, 0.1) is 5.56 Å². The smallest absolute Gasteiger partial charge is 0.178 e. The Labute approximate surface area is 140 Å². The molecule has 110 valence electrons. The second-order valence-electron chi connectivity index (χ2n) is 5.63. The lowest BCUT2D eigenvalue weighted by molar-refractivity contribution is 0.556. The summed E-state index contributed by atoms with van der Waals surface area (Å²) < 4.78 is 2.47. The molecule has 0 spiro atoms. The van der Waals surface area contributed by atoms with Crippen LogP contribution in [0.3, 0.4) is 0 Å². The van der Waals surface area contributed by atoms with Crippen LogP contribution in [0.25, 0.3) is 16.9 Å². The van der Waals surface area contributed by atoms with Gasteiger partial charge in [-0.2, -0.15) is 15.3 Å². The monoisotopic (exact) mass is 375 g/mol. The zero-order valence-corrected chi connectivity index (χ0v) is 14.2. The van der Waals surface area contributed by atoms with Crippen LogP contribution in [0.4, 0.5) is 5.69 Å². The molecule has 0 atom stereocenters. The summed E-state index contributed by atoms with van der Waals surface area (Å²) in [5.41, 5.74) is 3.59. The fourth-order valence-electron chi connectivity index (χ4n) is 2.65. The van der Waals surface area contributed by atoms with E-state index in [4.69, 9.17) is 16.6 Å². The topological polar surface area (TPSA) is 54.9 Å². The Bertz CT molecular complexity index is 930. The van der Waals surface area contributed by atoms with Crippen LogP contribution in [-0.2, 0) is 5.54 Å². The van der Waals surface area contributed by atoms with Crippen LogP contribution in [0.2, 0.25) is 5.15 Å². The Balaban J connectivity index is 2.09. The van der Waals surface area contributed by atoms with Gasteiger partial charge in [-0.25, -0.2) is 9.50 Å². The van der Waals surface area contributed by atoms with Crippen molar-refractivity contribution in [1.82, 2.24) is 14.6 Å². The molecule has 4 rings (SSSR count). The predicted octanol–water partition coefficient (Wildman–Crippen LogP) is 5.14. The highest BCUT2D eigenvalue weighted by Crippen LogP contribution is 2.46. The zero-order chi connectivity index (χ0) is 15.5. The molecule has 7 heteroatoms. The van der Waals surface area contributed by atoms with Gasteiger partial charge in [-0.05, 0) is 29.8 Å². The molecule has 0 radical (unpaired) electrons. The summed E-state index contributed by atoms with van der Waals surface area (Å²) in [7, 11) is 0. The van der Waals surface area contributed by atoms with Crippen LogP contribution >= 0.6 is 27.5 Å². The fourth-order valence-corrected chi connectivity index (χ4v) is 3.42. The average Bonchev–Trinajstić information content (AvgIpc) is 2.99. The lowest BCUT2D eigenvalue weighted by Gasteiger charge is -2.14. The van der Waals surface area contributed by atoms with Gasteiger partial charge in [-0.3, -0.25) is 0 Å². The van der Waals surface area contributed by atoms with E-state index in [2.05, 4.69) is 31.3 Å². The minimum absolute atomic E-state index is 0.328. The molecule has 22 heavy (non-hydrogen) atoms. The number of hydrogen-bond donors (Lipinski definition) is 0. The van der Waals surface area contributed by atoms with E-state index in [0.29, 0.717) is 10.8 Å². The number of azo groups is 1. The van der Waals surface area contributed by atoms with Gasteiger partial charge < -0.3 is 0 Å². The molecule has 1 aliphatic heterocycles. The van der Waals surface area contributed by atoms with Crippen molar-refractivity contribution < 1.29 is 0 Å². The van der Waals surface area contributed by atoms with Crippen molar-refractivity contribution in [1.29, 1.82) is 0 Å². The summed E-state index contributed by atoms with van der Waals surface area (Å²) in [5, 5.41) is 13.2. The molecule has 0 saturated heterocycles. The van der Waals surface area contributed by atoms with Crippen molar-refractivity contribution >= 4 is 38.9 Å². The molecular formula is C15H11BrClN5.